The summed E-state index contributed by atoms with van der Waals surface area (Å²) in [5.74, 6) is 0.581. The minimum atomic E-state index is 0.348. The first-order valence-corrected chi connectivity index (χ1v) is 4.29. The highest BCUT2D eigenvalue weighted by molar-refractivity contribution is 6.29. The van der Waals surface area contributed by atoms with Gasteiger partial charge in [-0.25, -0.2) is 9.97 Å². The highest BCUT2D eigenvalue weighted by Crippen LogP contribution is 2.11. The molecule has 0 fully saturated rings. The lowest BCUT2D eigenvalue weighted by atomic mass is 10.4. The van der Waals surface area contributed by atoms with Gasteiger partial charge in [0.15, 0.2) is 6.29 Å². The van der Waals surface area contributed by atoms with Gasteiger partial charge in [0, 0.05) is 12.3 Å². The van der Waals surface area contributed by atoms with Crippen molar-refractivity contribution in [3.63, 3.8) is 0 Å². The van der Waals surface area contributed by atoms with E-state index in [9.17, 15) is 4.79 Å². The first-order chi connectivity index (χ1) is 6.81. The van der Waals surface area contributed by atoms with Crippen LogP contribution in [0.1, 0.15) is 10.5 Å². The number of nitrogens with zero attached hydrogens (tertiary/aromatic N) is 3. The van der Waals surface area contributed by atoms with Gasteiger partial charge in [-0.1, -0.05) is 11.6 Å². The van der Waals surface area contributed by atoms with Crippen LogP contribution in [0, 0.1) is 0 Å². The summed E-state index contributed by atoms with van der Waals surface area (Å²) in [7, 11) is 0. The molecule has 2 aromatic heterocycles. The smallest absolute Gasteiger partial charge is 0.166 e. The third-order valence-electron chi connectivity index (χ3n) is 1.77. The molecule has 2 heterocycles. The Morgan fingerprint density at radius 2 is 2.29 bits per heavy atom. The zero-order valence-electron chi connectivity index (χ0n) is 7.09. The molecule has 0 N–H and O–H groups in total. The SMILES string of the molecule is O=Cc1cccn1-c1cc(Cl)ncn1. The van der Waals surface area contributed by atoms with E-state index in [0.29, 0.717) is 16.7 Å². The van der Waals surface area contributed by atoms with E-state index in [1.54, 1.807) is 29.0 Å². The monoisotopic (exact) mass is 207 g/mol. The average molecular weight is 208 g/mol. The number of rotatable bonds is 2. The predicted molar refractivity (Wildman–Crippen MR) is 51.8 cm³/mol. The van der Waals surface area contributed by atoms with E-state index in [4.69, 9.17) is 11.6 Å². The number of carbonyl (C=O) groups excluding carboxylic acids is 1. The van der Waals surface area contributed by atoms with E-state index >= 15 is 0 Å². The number of hydrogen-bond acceptors (Lipinski definition) is 3. The molecule has 70 valence electrons. The van der Waals surface area contributed by atoms with Crippen molar-refractivity contribution in [2.45, 2.75) is 0 Å². The van der Waals surface area contributed by atoms with Crippen LogP contribution < -0.4 is 0 Å². The summed E-state index contributed by atoms with van der Waals surface area (Å²) in [6, 6.07) is 5.05. The van der Waals surface area contributed by atoms with Gasteiger partial charge < -0.3 is 0 Å². The van der Waals surface area contributed by atoms with Crippen LogP contribution in [0.4, 0.5) is 0 Å². The van der Waals surface area contributed by atoms with E-state index in [2.05, 4.69) is 9.97 Å². The maximum absolute atomic E-state index is 10.6. The summed E-state index contributed by atoms with van der Waals surface area (Å²) in [5, 5.41) is 0.348. The third kappa shape index (κ3) is 1.52. The topological polar surface area (TPSA) is 47.8 Å². The predicted octanol–water partition coefficient (Wildman–Crippen LogP) is 1.73. The first kappa shape index (κ1) is 8.90. The molecule has 0 amide bonds. The van der Waals surface area contributed by atoms with E-state index < -0.39 is 0 Å². The molecule has 0 unspecified atom stereocenters. The minimum absolute atomic E-state index is 0.348. The Kier molecular flexibility index (Phi) is 2.28. The Balaban J connectivity index is 2.54. The number of halogens is 1. The van der Waals surface area contributed by atoms with Gasteiger partial charge in [0.25, 0.3) is 0 Å². The molecule has 0 radical (unpaired) electrons. The van der Waals surface area contributed by atoms with Crippen molar-refractivity contribution >= 4 is 17.9 Å². The lowest BCUT2D eigenvalue weighted by molar-refractivity contribution is 0.111. The maximum atomic E-state index is 10.6. The van der Waals surface area contributed by atoms with Gasteiger partial charge in [-0.3, -0.25) is 9.36 Å². The number of aromatic nitrogens is 3. The quantitative estimate of drug-likeness (QED) is 0.557. The van der Waals surface area contributed by atoms with Gasteiger partial charge in [-0.15, -0.1) is 0 Å². The van der Waals surface area contributed by atoms with E-state index in [1.807, 2.05) is 0 Å². The molecule has 0 atom stereocenters. The molecule has 0 saturated heterocycles. The summed E-state index contributed by atoms with van der Waals surface area (Å²) in [6.07, 6.45) is 3.85. The lowest BCUT2D eigenvalue weighted by Crippen LogP contribution is -2.00. The fraction of sp³-hybridized carbons (Fsp3) is 0. The summed E-state index contributed by atoms with van der Waals surface area (Å²) >= 11 is 5.70. The Bertz CT molecular complexity index is 467. The molecule has 2 aromatic rings. The molecule has 0 bridgehead atoms. The Morgan fingerprint density at radius 3 is 3.00 bits per heavy atom. The molecule has 0 aromatic carbocycles. The molecule has 14 heavy (non-hydrogen) atoms. The highest BCUT2D eigenvalue weighted by atomic mass is 35.5. The molecule has 0 aliphatic carbocycles. The van der Waals surface area contributed by atoms with Crippen molar-refractivity contribution in [1.82, 2.24) is 14.5 Å². The van der Waals surface area contributed by atoms with Crippen LogP contribution in [-0.4, -0.2) is 20.8 Å². The molecular weight excluding hydrogens is 202 g/mol. The van der Waals surface area contributed by atoms with Crippen LogP contribution in [0.3, 0.4) is 0 Å². The van der Waals surface area contributed by atoms with E-state index in [-0.39, 0.29) is 0 Å². The van der Waals surface area contributed by atoms with Crippen LogP contribution in [-0.2, 0) is 0 Å². The average Bonchev–Trinajstić information content (AvgIpc) is 2.65. The molecule has 0 aliphatic rings. The molecule has 5 heteroatoms. The maximum Gasteiger partial charge on any atom is 0.166 e. The standard InChI is InChI=1S/C9H6ClN3O/c10-8-4-9(12-6-11-8)13-3-1-2-7(13)5-14/h1-6H. The van der Waals surface area contributed by atoms with Crippen molar-refractivity contribution in [1.29, 1.82) is 0 Å². The number of aldehydes is 1. The first-order valence-electron chi connectivity index (χ1n) is 3.92. The van der Waals surface area contributed by atoms with Crippen LogP contribution in [0.25, 0.3) is 5.82 Å². The molecule has 0 spiro atoms. The summed E-state index contributed by atoms with van der Waals surface area (Å²) in [6.45, 7) is 0. The van der Waals surface area contributed by atoms with E-state index in [1.165, 1.54) is 6.33 Å². The van der Waals surface area contributed by atoms with Crippen molar-refractivity contribution in [2.75, 3.05) is 0 Å². The van der Waals surface area contributed by atoms with Crippen molar-refractivity contribution in [2.24, 2.45) is 0 Å². The summed E-state index contributed by atoms with van der Waals surface area (Å²) < 4.78 is 1.64. The lowest BCUT2D eigenvalue weighted by Gasteiger charge is -2.02. The second kappa shape index (κ2) is 3.59. The fourth-order valence-electron chi connectivity index (χ4n) is 1.15. The second-order valence-electron chi connectivity index (χ2n) is 2.62. The van der Waals surface area contributed by atoms with Crippen molar-refractivity contribution < 1.29 is 4.79 Å². The summed E-state index contributed by atoms with van der Waals surface area (Å²) in [4.78, 5) is 18.4. The summed E-state index contributed by atoms with van der Waals surface area (Å²) in [5.41, 5.74) is 0.528. The Hall–Kier alpha value is -1.68. The Labute approximate surface area is 85.2 Å². The van der Waals surface area contributed by atoms with Crippen LogP contribution in [0.5, 0.6) is 0 Å². The van der Waals surface area contributed by atoms with Crippen LogP contribution >= 0.6 is 11.6 Å². The number of hydrogen-bond donors (Lipinski definition) is 0. The zero-order valence-corrected chi connectivity index (χ0v) is 7.85. The van der Waals surface area contributed by atoms with Crippen LogP contribution in [0.15, 0.2) is 30.7 Å². The Morgan fingerprint density at radius 1 is 1.43 bits per heavy atom. The molecule has 0 saturated carbocycles. The molecule has 0 aliphatic heterocycles. The van der Waals surface area contributed by atoms with Crippen LogP contribution in [0.2, 0.25) is 5.15 Å². The van der Waals surface area contributed by atoms with Gasteiger partial charge in [0.05, 0.1) is 5.69 Å². The molecular formula is C9H6ClN3O. The van der Waals surface area contributed by atoms with Gasteiger partial charge >= 0.3 is 0 Å². The highest BCUT2D eigenvalue weighted by Gasteiger charge is 2.03. The van der Waals surface area contributed by atoms with Gasteiger partial charge in [-0.05, 0) is 12.1 Å². The minimum Gasteiger partial charge on any atom is -0.298 e. The van der Waals surface area contributed by atoms with Gasteiger partial charge in [-0.2, -0.15) is 0 Å². The third-order valence-corrected chi connectivity index (χ3v) is 1.97. The normalized spacial score (nSPS) is 10.1. The van der Waals surface area contributed by atoms with E-state index in [0.717, 1.165) is 6.29 Å². The molecule has 4 nitrogen and oxygen atoms in total. The zero-order chi connectivity index (χ0) is 9.97. The van der Waals surface area contributed by atoms with Gasteiger partial charge in [0.2, 0.25) is 0 Å². The van der Waals surface area contributed by atoms with Crippen molar-refractivity contribution in [3.8, 4) is 5.82 Å². The van der Waals surface area contributed by atoms with Gasteiger partial charge in [0.1, 0.15) is 17.3 Å². The second-order valence-corrected chi connectivity index (χ2v) is 3.01. The largest absolute Gasteiger partial charge is 0.298 e. The molecule has 2 rings (SSSR count). The fourth-order valence-corrected chi connectivity index (χ4v) is 1.30. The van der Waals surface area contributed by atoms with Crippen molar-refractivity contribution in [3.05, 3.63) is 41.6 Å². The number of carbonyl (C=O) groups is 1.